The van der Waals surface area contributed by atoms with Gasteiger partial charge in [0.1, 0.15) is 11.5 Å². The van der Waals surface area contributed by atoms with Crippen LogP contribution in [-0.4, -0.2) is 25.1 Å². The molecule has 2 N–H and O–H groups in total. The molecule has 0 atom stereocenters. The van der Waals surface area contributed by atoms with E-state index < -0.39 is 0 Å². The van der Waals surface area contributed by atoms with Gasteiger partial charge in [-0.1, -0.05) is 12.1 Å². The second-order valence-electron chi connectivity index (χ2n) is 4.56. The second kappa shape index (κ2) is 6.85. The number of nitrogens with two attached hydrogens (primary N) is 1. The summed E-state index contributed by atoms with van der Waals surface area (Å²) in [5, 5.41) is 0. The predicted molar refractivity (Wildman–Crippen MR) is 76.0 cm³/mol. The fourth-order valence-electron chi connectivity index (χ4n) is 1.88. The van der Waals surface area contributed by atoms with E-state index in [-0.39, 0.29) is 0 Å². The van der Waals surface area contributed by atoms with Gasteiger partial charge in [-0.05, 0) is 37.7 Å². The Labute approximate surface area is 113 Å². The van der Waals surface area contributed by atoms with Gasteiger partial charge in [0, 0.05) is 6.54 Å². The van der Waals surface area contributed by atoms with Crippen molar-refractivity contribution in [3.63, 3.8) is 0 Å². The molecule has 0 amide bonds. The third-order valence-corrected chi connectivity index (χ3v) is 2.87. The lowest BCUT2D eigenvalue weighted by atomic mass is 10.3. The van der Waals surface area contributed by atoms with E-state index in [9.17, 15) is 0 Å². The van der Waals surface area contributed by atoms with Crippen LogP contribution in [0.5, 0.6) is 5.75 Å². The van der Waals surface area contributed by atoms with Crippen LogP contribution in [0.3, 0.4) is 0 Å². The number of hydrogen-bond acceptors (Lipinski definition) is 4. The highest BCUT2D eigenvalue weighted by atomic mass is 16.5. The van der Waals surface area contributed by atoms with Gasteiger partial charge in [-0.3, -0.25) is 4.90 Å². The molecule has 0 spiro atoms. The molecule has 0 fully saturated rings. The normalized spacial score (nSPS) is 10.8. The van der Waals surface area contributed by atoms with Crippen LogP contribution in [0, 0.1) is 0 Å². The topological polar surface area (TPSA) is 51.6 Å². The van der Waals surface area contributed by atoms with Crippen LogP contribution in [-0.2, 0) is 6.54 Å². The molecule has 4 heteroatoms. The summed E-state index contributed by atoms with van der Waals surface area (Å²) in [6.45, 7) is 2.44. The van der Waals surface area contributed by atoms with E-state index in [0.717, 1.165) is 31.0 Å². The number of nitrogens with zero attached hydrogens (tertiary/aromatic N) is 1. The quantitative estimate of drug-likeness (QED) is 0.614. The number of nitrogen functional groups attached to an aromatic ring is 1. The van der Waals surface area contributed by atoms with E-state index in [0.29, 0.717) is 12.3 Å². The van der Waals surface area contributed by atoms with E-state index in [1.807, 2.05) is 36.4 Å². The lowest BCUT2D eigenvalue weighted by Crippen LogP contribution is -2.20. The van der Waals surface area contributed by atoms with Crippen LogP contribution in [0.25, 0.3) is 0 Å². The van der Waals surface area contributed by atoms with E-state index >= 15 is 0 Å². The van der Waals surface area contributed by atoms with Crippen LogP contribution in [0.4, 0.5) is 5.69 Å². The third-order valence-electron chi connectivity index (χ3n) is 2.87. The highest BCUT2D eigenvalue weighted by Gasteiger charge is 2.03. The number of hydrogen-bond donors (Lipinski definition) is 1. The van der Waals surface area contributed by atoms with Gasteiger partial charge in [0.25, 0.3) is 0 Å². The highest BCUT2D eigenvalue weighted by molar-refractivity contribution is 5.51. The zero-order chi connectivity index (χ0) is 13.5. The van der Waals surface area contributed by atoms with Gasteiger partial charge >= 0.3 is 0 Å². The van der Waals surface area contributed by atoms with Gasteiger partial charge in [-0.2, -0.15) is 0 Å². The van der Waals surface area contributed by atoms with Gasteiger partial charge in [-0.15, -0.1) is 0 Å². The standard InChI is InChI=1S/C15H20N2O2/c1-17(12-13-6-4-10-18-13)9-5-11-19-15-8-3-2-7-14(15)16/h2-4,6-8,10H,5,9,11-12,16H2,1H3. The minimum atomic E-state index is 0.663. The molecule has 2 aromatic rings. The molecule has 1 aromatic carbocycles. The average Bonchev–Trinajstić information content (AvgIpc) is 2.89. The van der Waals surface area contributed by atoms with Crippen molar-refractivity contribution >= 4 is 5.69 Å². The first-order valence-electron chi connectivity index (χ1n) is 6.44. The monoisotopic (exact) mass is 260 g/mol. The molecule has 19 heavy (non-hydrogen) atoms. The summed E-state index contributed by atoms with van der Waals surface area (Å²) in [4.78, 5) is 2.20. The summed E-state index contributed by atoms with van der Waals surface area (Å²) in [7, 11) is 2.07. The van der Waals surface area contributed by atoms with Crippen molar-refractivity contribution in [2.24, 2.45) is 0 Å². The first-order valence-corrected chi connectivity index (χ1v) is 6.44. The largest absolute Gasteiger partial charge is 0.491 e. The Morgan fingerprint density at radius 2 is 2.05 bits per heavy atom. The maximum atomic E-state index is 5.81. The maximum absolute atomic E-state index is 5.81. The van der Waals surface area contributed by atoms with Gasteiger partial charge < -0.3 is 14.9 Å². The number of ether oxygens (including phenoxy) is 1. The Morgan fingerprint density at radius 3 is 2.79 bits per heavy atom. The molecule has 0 aliphatic heterocycles. The zero-order valence-electron chi connectivity index (χ0n) is 11.2. The molecule has 0 radical (unpaired) electrons. The van der Waals surface area contributed by atoms with Crippen LogP contribution in [0.2, 0.25) is 0 Å². The maximum Gasteiger partial charge on any atom is 0.142 e. The molecular formula is C15H20N2O2. The molecule has 102 valence electrons. The van der Waals surface area contributed by atoms with Crippen molar-refractivity contribution in [1.29, 1.82) is 0 Å². The van der Waals surface area contributed by atoms with Crippen molar-refractivity contribution in [2.75, 3.05) is 25.9 Å². The zero-order valence-corrected chi connectivity index (χ0v) is 11.2. The van der Waals surface area contributed by atoms with E-state index in [1.165, 1.54) is 0 Å². The van der Waals surface area contributed by atoms with Gasteiger partial charge in [0.15, 0.2) is 0 Å². The molecule has 0 aliphatic rings. The molecule has 1 heterocycles. The van der Waals surface area contributed by atoms with Gasteiger partial charge in [0.2, 0.25) is 0 Å². The summed E-state index contributed by atoms with van der Waals surface area (Å²) < 4.78 is 11.0. The Hall–Kier alpha value is -1.94. The Balaban J connectivity index is 1.65. The van der Waals surface area contributed by atoms with Gasteiger partial charge in [0.05, 0.1) is 25.1 Å². The Kier molecular flexibility index (Phi) is 4.86. The minimum absolute atomic E-state index is 0.663. The summed E-state index contributed by atoms with van der Waals surface area (Å²) in [5.74, 6) is 1.74. The molecule has 0 bridgehead atoms. The second-order valence-corrected chi connectivity index (χ2v) is 4.56. The SMILES string of the molecule is CN(CCCOc1ccccc1N)Cc1ccco1. The lowest BCUT2D eigenvalue weighted by Gasteiger charge is -2.15. The summed E-state index contributed by atoms with van der Waals surface area (Å²) in [6, 6.07) is 11.5. The van der Waals surface area contributed by atoms with Crippen LogP contribution >= 0.6 is 0 Å². The summed E-state index contributed by atoms with van der Waals surface area (Å²) in [6.07, 6.45) is 2.65. The molecule has 4 nitrogen and oxygen atoms in total. The van der Waals surface area contributed by atoms with Crippen molar-refractivity contribution in [2.45, 2.75) is 13.0 Å². The van der Waals surface area contributed by atoms with Crippen molar-refractivity contribution < 1.29 is 9.15 Å². The number of furan rings is 1. The average molecular weight is 260 g/mol. The van der Waals surface area contributed by atoms with Crippen molar-refractivity contribution in [3.8, 4) is 5.75 Å². The first kappa shape index (κ1) is 13.5. The third kappa shape index (κ3) is 4.34. The van der Waals surface area contributed by atoms with Crippen LogP contribution in [0.1, 0.15) is 12.2 Å². The number of rotatable bonds is 7. The highest BCUT2D eigenvalue weighted by Crippen LogP contribution is 2.19. The van der Waals surface area contributed by atoms with E-state index in [4.69, 9.17) is 14.9 Å². The van der Waals surface area contributed by atoms with Crippen LogP contribution in [0.15, 0.2) is 47.1 Å². The fourth-order valence-corrected chi connectivity index (χ4v) is 1.88. The van der Waals surface area contributed by atoms with Crippen molar-refractivity contribution in [1.82, 2.24) is 4.90 Å². The Bertz CT molecular complexity index is 483. The summed E-state index contributed by atoms with van der Waals surface area (Å²) >= 11 is 0. The first-order chi connectivity index (χ1) is 9.25. The molecule has 0 saturated heterocycles. The molecule has 0 unspecified atom stereocenters. The molecule has 1 aromatic heterocycles. The van der Waals surface area contributed by atoms with Crippen molar-refractivity contribution in [3.05, 3.63) is 48.4 Å². The number of para-hydroxylation sites is 2. The predicted octanol–water partition coefficient (Wildman–Crippen LogP) is 2.76. The molecule has 2 rings (SSSR count). The molecule has 0 aliphatic carbocycles. The molecular weight excluding hydrogens is 240 g/mol. The van der Waals surface area contributed by atoms with Gasteiger partial charge in [-0.25, -0.2) is 0 Å². The summed E-state index contributed by atoms with van der Waals surface area (Å²) in [5.41, 5.74) is 6.49. The van der Waals surface area contributed by atoms with E-state index in [2.05, 4.69) is 11.9 Å². The Morgan fingerprint density at radius 1 is 1.21 bits per heavy atom. The smallest absolute Gasteiger partial charge is 0.142 e. The van der Waals surface area contributed by atoms with E-state index in [1.54, 1.807) is 6.26 Å². The van der Waals surface area contributed by atoms with Crippen LogP contribution < -0.4 is 10.5 Å². The fraction of sp³-hybridized carbons (Fsp3) is 0.333. The minimum Gasteiger partial charge on any atom is -0.491 e. The number of anilines is 1. The number of benzene rings is 1. The lowest BCUT2D eigenvalue weighted by molar-refractivity contribution is 0.248. The molecule has 0 saturated carbocycles.